The summed E-state index contributed by atoms with van der Waals surface area (Å²) >= 11 is 0. The van der Waals surface area contributed by atoms with Crippen LogP contribution in [0.4, 0.5) is 4.79 Å². The van der Waals surface area contributed by atoms with E-state index < -0.39 is 0 Å². The van der Waals surface area contributed by atoms with Gasteiger partial charge in [0.05, 0.1) is 19.2 Å². The Labute approximate surface area is 129 Å². The number of methoxy groups -OCH3 is 1. The molecule has 6 heteroatoms. The molecule has 0 spiro atoms. The fourth-order valence-electron chi connectivity index (χ4n) is 2.54. The molecule has 116 valence electrons. The second kappa shape index (κ2) is 5.71. The molecule has 1 aliphatic rings. The van der Waals surface area contributed by atoms with Crippen LogP contribution in [0.5, 0.6) is 5.75 Å². The smallest absolute Gasteiger partial charge is 0.320 e. The first-order valence-electron chi connectivity index (χ1n) is 7.20. The van der Waals surface area contributed by atoms with Gasteiger partial charge in [-0.05, 0) is 19.1 Å². The summed E-state index contributed by atoms with van der Waals surface area (Å²) in [7, 11) is 3.42. The van der Waals surface area contributed by atoms with E-state index in [1.165, 1.54) is 0 Å². The Bertz CT molecular complexity index is 696. The van der Waals surface area contributed by atoms with E-state index >= 15 is 0 Å². The van der Waals surface area contributed by atoms with Crippen molar-refractivity contribution in [1.29, 1.82) is 0 Å². The largest absolute Gasteiger partial charge is 0.496 e. The molecule has 1 aliphatic heterocycles. The van der Waals surface area contributed by atoms with Crippen LogP contribution in [-0.4, -0.2) is 48.1 Å². The Morgan fingerprint density at radius 2 is 2.09 bits per heavy atom. The molecule has 0 radical (unpaired) electrons. The molecule has 0 N–H and O–H groups in total. The van der Waals surface area contributed by atoms with Crippen molar-refractivity contribution >= 4 is 6.03 Å². The van der Waals surface area contributed by atoms with Crippen molar-refractivity contribution in [3.05, 3.63) is 35.7 Å². The number of ether oxygens (including phenoxy) is 1. The number of oxazole rings is 1. The molecule has 1 aromatic heterocycles. The predicted octanol–water partition coefficient (Wildman–Crippen LogP) is 2.53. The fourth-order valence-corrected chi connectivity index (χ4v) is 2.54. The van der Waals surface area contributed by atoms with Crippen molar-refractivity contribution in [2.45, 2.75) is 13.5 Å². The molecule has 0 unspecified atom stereocenters. The summed E-state index contributed by atoms with van der Waals surface area (Å²) in [6.45, 7) is 3.79. The van der Waals surface area contributed by atoms with E-state index in [2.05, 4.69) is 4.98 Å². The maximum atomic E-state index is 12.0. The molecule has 2 aromatic rings. The summed E-state index contributed by atoms with van der Waals surface area (Å²) in [5.41, 5.74) is 1.59. The van der Waals surface area contributed by atoms with Gasteiger partial charge in [-0.3, -0.25) is 0 Å². The molecule has 2 heterocycles. The number of urea groups is 1. The SMILES string of the molecule is COc1ccccc1-c1nc(CN2CCN(C)C2=O)c(C)o1. The van der Waals surface area contributed by atoms with Gasteiger partial charge in [0.2, 0.25) is 5.89 Å². The van der Waals surface area contributed by atoms with E-state index in [-0.39, 0.29) is 6.03 Å². The normalized spacial score (nSPS) is 14.8. The standard InChI is InChI=1S/C16H19N3O3/c1-11-13(10-19-9-8-18(2)16(19)20)17-15(22-11)12-6-4-5-7-14(12)21-3/h4-7H,8-10H2,1-3H3. The van der Waals surface area contributed by atoms with Crippen molar-refractivity contribution in [1.82, 2.24) is 14.8 Å². The third kappa shape index (κ3) is 2.52. The second-order valence-electron chi connectivity index (χ2n) is 5.35. The predicted molar refractivity (Wildman–Crippen MR) is 81.7 cm³/mol. The van der Waals surface area contributed by atoms with Gasteiger partial charge in [0.1, 0.15) is 17.2 Å². The molecule has 1 saturated heterocycles. The number of para-hydroxylation sites is 1. The number of carbonyl (C=O) groups excluding carboxylic acids is 1. The van der Waals surface area contributed by atoms with Gasteiger partial charge >= 0.3 is 6.03 Å². The highest BCUT2D eigenvalue weighted by atomic mass is 16.5. The number of likely N-dealkylation sites (N-methyl/N-ethyl adjacent to an activating group) is 1. The van der Waals surface area contributed by atoms with Crippen molar-refractivity contribution in [3.8, 4) is 17.2 Å². The zero-order chi connectivity index (χ0) is 15.7. The van der Waals surface area contributed by atoms with Gasteiger partial charge in [0.25, 0.3) is 0 Å². The van der Waals surface area contributed by atoms with E-state index in [9.17, 15) is 4.79 Å². The highest BCUT2D eigenvalue weighted by Gasteiger charge is 2.27. The third-order valence-electron chi connectivity index (χ3n) is 3.87. The monoisotopic (exact) mass is 301 g/mol. The summed E-state index contributed by atoms with van der Waals surface area (Å²) in [6, 6.07) is 7.62. The van der Waals surface area contributed by atoms with Crippen LogP contribution in [0.25, 0.3) is 11.5 Å². The number of hydrogen-bond donors (Lipinski definition) is 0. The number of nitrogens with zero attached hydrogens (tertiary/aromatic N) is 3. The van der Waals surface area contributed by atoms with Crippen molar-refractivity contribution < 1.29 is 13.9 Å². The fraction of sp³-hybridized carbons (Fsp3) is 0.375. The molecule has 3 rings (SSSR count). The molecule has 1 aromatic carbocycles. The van der Waals surface area contributed by atoms with E-state index in [4.69, 9.17) is 9.15 Å². The van der Waals surface area contributed by atoms with Gasteiger partial charge in [0, 0.05) is 20.1 Å². The van der Waals surface area contributed by atoms with E-state index in [1.54, 1.807) is 24.0 Å². The van der Waals surface area contributed by atoms with Crippen LogP contribution >= 0.6 is 0 Å². The number of aryl methyl sites for hydroxylation is 1. The van der Waals surface area contributed by atoms with Crippen LogP contribution in [0.2, 0.25) is 0 Å². The lowest BCUT2D eigenvalue weighted by atomic mass is 10.2. The molecule has 0 saturated carbocycles. The quantitative estimate of drug-likeness (QED) is 0.870. The molecule has 1 fully saturated rings. The number of rotatable bonds is 4. The van der Waals surface area contributed by atoms with Crippen molar-refractivity contribution in [3.63, 3.8) is 0 Å². The van der Waals surface area contributed by atoms with Crippen LogP contribution in [0.15, 0.2) is 28.7 Å². The summed E-state index contributed by atoms with van der Waals surface area (Å²) in [5.74, 6) is 1.96. The minimum Gasteiger partial charge on any atom is -0.496 e. The average Bonchev–Trinajstić information content (AvgIpc) is 3.05. The molecule has 22 heavy (non-hydrogen) atoms. The molecular formula is C16H19N3O3. The van der Waals surface area contributed by atoms with Gasteiger partial charge in [-0.2, -0.15) is 0 Å². The molecule has 2 amide bonds. The van der Waals surface area contributed by atoms with E-state index in [0.717, 1.165) is 23.6 Å². The summed E-state index contributed by atoms with van der Waals surface area (Å²) in [4.78, 5) is 20.0. The maximum Gasteiger partial charge on any atom is 0.320 e. The number of amides is 2. The topological polar surface area (TPSA) is 58.8 Å². The van der Waals surface area contributed by atoms with Crippen molar-refractivity contribution in [2.75, 3.05) is 27.2 Å². The van der Waals surface area contributed by atoms with Crippen LogP contribution < -0.4 is 4.74 Å². The third-order valence-corrected chi connectivity index (χ3v) is 3.87. The zero-order valence-corrected chi connectivity index (χ0v) is 13.0. The maximum absolute atomic E-state index is 12.0. The van der Waals surface area contributed by atoms with Gasteiger partial charge in [-0.1, -0.05) is 12.1 Å². The van der Waals surface area contributed by atoms with Gasteiger partial charge in [-0.15, -0.1) is 0 Å². The Morgan fingerprint density at radius 3 is 2.77 bits per heavy atom. The van der Waals surface area contributed by atoms with Gasteiger partial charge in [0.15, 0.2) is 0 Å². The first-order valence-corrected chi connectivity index (χ1v) is 7.20. The second-order valence-corrected chi connectivity index (χ2v) is 5.35. The lowest BCUT2D eigenvalue weighted by Gasteiger charge is -2.14. The minimum absolute atomic E-state index is 0.0289. The Balaban J connectivity index is 1.87. The van der Waals surface area contributed by atoms with Crippen LogP contribution in [0.3, 0.4) is 0 Å². The average molecular weight is 301 g/mol. The number of hydrogen-bond acceptors (Lipinski definition) is 4. The molecule has 6 nitrogen and oxygen atoms in total. The van der Waals surface area contributed by atoms with Crippen molar-refractivity contribution in [2.24, 2.45) is 0 Å². The minimum atomic E-state index is 0.0289. The highest BCUT2D eigenvalue weighted by Crippen LogP contribution is 2.30. The lowest BCUT2D eigenvalue weighted by Crippen LogP contribution is -2.29. The molecule has 0 aliphatic carbocycles. The van der Waals surface area contributed by atoms with Gasteiger partial charge in [-0.25, -0.2) is 9.78 Å². The Morgan fingerprint density at radius 1 is 1.32 bits per heavy atom. The van der Waals surface area contributed by atoms with E-state index in [1.807, 2.05) is 31.2 Å². The summed E-state index contributed by atoms with van der Waals surface area (Å²) in [5, 5.41) is 0. The van der Waals surface area contributed by atoms with Crippen LogP contribution in [-0.2, 0) is 6.54 Å². The lowest BCUT2D eigenvalue weighted by molar-refractivity contribution is 0.196. The van der Waals surface area contributed by atoms with E-state index in [0.29, 0.717) is 24.7 Å². The van der Waals surface area contributed by atoms with Crippen LogP contribution in [0, 0.1) is 6.92 Å². The number of aromatic nitrogens is 1. The first-order chi connectivity index (χ1) is 10.6. The Kier molecular flexibility index (Phi) is 3.75. The highest BCUT2D eigenvalue weighted by molar-refractivity contribution is 5.76. The van der Waals surface area contributed by atoms with Gasteiger partial charge < -0.3 is 19.0 Å². The molecular weight excluding hydrogens is 282 g/mol. The number of carbonyl (C=O) groups is 1. The summed E-state index contributed by atoms with van der Waals surface area (Å²) < 4.78 is 11.1. The first kappa shape index (κ1) is 14.4. The zero-order valence-electron chi connectivity index (χ0n) is 13.0. The molecule has 0 bridgehead atoms. The molecule has 0 atom stereocenters. The summed E-state index contributed by atoms with van der Waals surface area (Å²) in [6.07, 6.45) is 0. The Hall–Kier alpha value is -2.50. The van der Waals surface area contributed by atoms with Crippen LogP contribution in [0.1, 0.15) is 11.5 Å². The number of benzene rings is 1.